The smallest absolute Gasteiger partial charge is 0.348 e. The molecule has 30 heavy (non-hydrogen) atoms. The van der Waals surface area contributed by atoms with E-state index < -0.39 is 40.7 Å². The number of carbonyl (C=O) groups excluding carboxylic acids is 1. The van der Waals surface area contributed by atoms with Crippen LogP contribution in [0.15, 0.2) is 34.3 Å². The van der Waals surface area contributed by atoms with E-state index in [2.05, 4.69) is 15.4 Å². The SMILES string of the molecule is CCO[P@]1(=O)N=C(C2=C(O)C(C(C)(C)C)NC2=O)Nc2ccc(CS(N)(=O)=O)cc21. The van der Waals surface area contributed by atoms with Crippen molar-refractivity contribution >= 4 is 40.3 Å². The van der Waals surface area contributed by atoms with Gasteiger partial charge in [-0.25, -0.2) is 13.6 Å². The number of fused-ring (bicyclic) bond motifs is 1. The van der Waals surface area contributed by atoms with Crippen molar-refractivity contribution in [3.05, 3.63) is 35.1 Å². The second-order valence-corrected chi connectivity index (χ2v) is 11.8. The Bertz CT molecular complexity index is 1120. The van der Waals surface area contributed by atoms with Crippen LogP contribution in [-0.4, -0.2) is 37.9 Å². The quantitative estimate of drug-likeness (QED) is 0.489. The van der Waals surface area contributed by atoms with Crippen molar-refractivity contribution < 1.29 is 27.4 Å². The van der Waals surface area contributed by atoms with E-state index in [0.29, 0.717) is 11.3 Å². The van der Waals surface area contributed by atoms with Crippen molar-refractivity contribution in [1.29, 1.82) is 0 Å². The summed E-state index contributed by atoms with van der Waals surface area (Å²) in [6.07, 6.45) is 0. The summed E-state index contributed by atoms with van der Waals surface area (Å²) in [6.45, 7) is 7.29. The zero-order valence-corrected chi connectivity index (χ0v) is 18.8. The number of nitrogens with zero attached hydrogens (tertiary/aromatic N) is 1. The summed E-state index contributed by atoms with van der Waals surface area (Å²) in [5.41, 5.74) is 0.0994. The Balaban J connectivity index is 2.11. The lowest BCUT2D eigenvalue weighted by molar-refractivity contribution is -0.117. The van der Waals surface area contributed by atoms with Crippen LogP contribution < -0.4 is 21.1 Å². The number of sulfonamides is 1. The molecule has 0 radical (unpaired) electrons. The molecule has 164 valence electrons. The molecule has 1 unspecified atom stereocenters. The number of anilines is 1. The Hall–Kier alpha value is -2.20. The van der Waals surface area contributed by atoms with Gasteiger partial charge in [-0.15, -0.1) is 0 Å². The van der Waals surface area contributed by atoms with E-state index in [1.54, 1.807) is 6.92 Å². The first kappa shape index (κ1) is 22.5. The van der Waals surface area contributed by atoms with E-state index in [0.717, 1.165) is 0 Å². The number of primary sulfonamides is 1. The Morgan fingerprint density at radius 2 is 2.00 bits per heavy atom. The van der Waals surface area contributed by atoms with Gasteiger partial charge in [-0.05, 0) is 30.0 Å². The molecule has 2 heterocycles. The minimum atomic E-state index is -3.85. The van der Waals surface area contributed by atoms with Gasteiger partial charge in [0.05, 0.1) is 29.4 Å². The van der Waals surface area contributed by atoms with Gasteiger partial charge in [-0.3, -0.25) is 9.36 Å². The molecule has 3 rings (SSSR count). The normalized spacial score (nSPS) is 24.2. The largest absolute Gasteiger partial charge is 0.509 e. The lowest BCUT2D eigenvalue weighted by Crippen LogP contribution is -2.39. The molecule has 0 aliphatic carbocycles. The van der Waals surface area contributed by atoms with Crippen molar-refractivity contribution in [2.45, 2.75) is 39.5 Å². The lowest BCUT2D eigenvalue weighted by atomic mass is 9.86. The molecule has 0 fully saturated rings. The lowest BCUT2D eigenvalue weighted by Gasteiger charge is -2.27. The zero-order chi connectivity index (χ0) is 22.5. The molecule has 0 spiro atoms. The first-order chi connectivity index (χ1) is 13.7. The Morgan fingerprint density at radius 3 is 2.53 bits per heavy atom. The van der Waals surface area contributed by atoms with Gasteiger partial charge in [-0.1, -0.05) is 26.8 Å². The highest BCUT2D eigenvalue weighted by Gasteiger charge is 2.43. The summed E-state index contributed by atoms with van der Waals surface area (Å²) in [5.74, 6) is -1.25. The molecule has 2 atom stereocenters. The van der Waals surface area contributed by atoms with Crippen LogP contribution in [0.1, 0.15) is 33.3 Å². The van der Waals surface area contributed by atoms with Crippen LogP contribution >= 0.6 is 7.52 Å². The molecule has 2 aliphatic rings. The van der Waals surface area contributed by atoms with Crippen molar-refractivity contribution in [2.24, 2.45) is 15.3 Å². The maximum absolute atomic E-state index is 13.6. The highest BCUT2D eigenvalue weighted by molar-refractivity contribution is 7.88. The molecule has 0 bridgehead atoms. The van der Waals surface area contributed by atoms with Gasteiger partial charge < -0.3 is 20.3 Å². The number of hydrogen-bond acceptors (Lipinski definition) is 7. The molecule has 0 saturated carbocycles. The number of hydrogen-bond donors (Lipinski definition) is 4. The van der Waals surface area contributed by atoms with Crippen LogP contribution in [0.3, 0.4) is 0 Å². The minimum absolute atomic E-state index is 0.0642. The average Bonchev–Trinajstić information content (AvgIpc) is 2.89. The van der Waals surface area contributed by atoms with E-state index in [1.165, 1.54) is 18.2 Å². The van der Waals surface area contributed by atoms with Crippen molar-refractivity contribution in [3.8, 4) is 0 Å². The Morgan fingerprint density at radius 1 is 1.33 bits per heavy atom. The van der Waals surface area contributed by atoms with Crippen LogP contribution in [0.2, 0.25) is 0 Å². The maximum atomic E-state index is 13.6. The fourth-order valence-corrected chi connectivity index (χ4v) is 5.83. The molecule has 2 aliphatic heterocycles. The van der Waals surface area contributed by atoms with Gasteiger partial charge in [0.2, 0.25) is 10.0 Å². The van der Waals surface area contributed by atoms with Gasteiger partial charge in [0.1, 0.15) is 11.3 Å². The maximum Gasteiger partial charge on any atom is 0.348 e. The van der Waals surface area contributed by atoms with E-state index in [9.17, 15) is 22.9 Å². The number of carbonyl (C=O) groups is 1. The predicted molar refractivity (Wildman–Crippen MR) is 114 cm³/mol. The molecule has 5 N–H and O–H groups in total. The van der Waals surface area contributed by atoms with Gasteiger partial charge >= 0.3 is 7.52 Å². The average molecular weight is 456 g/mol. The fraction of sp³-hybridized carbons (Fsp3) is 0.444. The topological polar surface area (TPSA) is 160 Å². The van der Waals surface area contributed by atoms with E-state index in [4.69, 9.17) is 9.66 Å². The van der Waals surface area contributed by atoms with Crippen LogP contribution in [-0.2, 0) is 29.7 Å². The second kappa shape index (κ2) is 7.49. The summed E-state index contributed by atoms with van der Waals surface area (Å²) in [7, 11) is -7.65. The van der Waals surface area contributed by atoms with E-state index >= 15 is 0 Å². The third kappa shape index (κ3) is 4.29. The third-order valence-electron chi connectivity index (χ3n) is 4.66. The first-order valence-electron chi connectivity index (χ1n) is 9.25. The van der Waals surface area contributed by atoms with Crippen LogP contribution in [0.25, 0.3) is 0 Å². The Kier molecular flexibility index (Phi) is 5.61. The highest BCUT2D eigenvalue weighted by Crippen LogP contribution is 2.52. The predicted octanol–water partition coefficient (Wildman–Crippen LogP) is 1.51. The van der Waals surface area contributed by atoms with E-state index in [-0.39, 0.29) is 29.1 Å². The summed E-state index contributed by atoms with van der Waals surface area (Å²) in [6, 6.07) is 3.80. The summed E-state index contributed by atoms with van der Waals surface area (Å²) < 4.78 is 46.0. The number of aliphatic hydroxyl groups excluding tert-OH is 1. The van der Waals surface area contributed by atoms with E-state index in [1.807, 2.05) is 20.8 Å². The van der Waals surface area contributed by atoms with Crippen LogP contribution in [0, 0.1) is 5.41 Å². The van der Waals surface area contributed by atoms with Crippen molar-refractivity contribution in [2.75, 3.05) is 11.9 Å². The summed E-state index contributed by atoms with van der Waals surface area (Å²) in [5, 5.41) is 21.6. The van der Waals surface area contributed by atoms with Crippen LogP contribution in [0.5, 0.6) is 0 Å². The molecule has 0 aromatic heterocycles. The molecule has 12 heteroatoms. The first-order valence-corrected chi connectivity index (χ1v) is 12.5. The molecule has 0 saturated heterocycles. The monoisotopic (exact) mass is 456 g/mol. The summed E-state index contributed by atoms with van der Waals surface area (Å²) >= 11 is 0. The molecule has 1 aromatic rings. The standard InChI is InChI=1S/C18H25N4O6PS/c1-5-28-29(25)12-8-10(9-30(19,26)27)6-7-11(12)20-16(22-29)13-14(23)15(18(2,3)4)21-17(13)24/h6-8,15,23H,5,9H2,1-4H3,(H,21,24)(H2,19,26,27)(H,20,22,25)/t15?,29-/m0/s1. The minimum Gasteiger partial charge on any atom is -0.509 e. The number of aliphatic hydroxyl groups is 1. The number of rotatable bonds is 5. The molecule has 10 nitrogen and oxygen atoms in total. The molecular weight excluding hydrogens is 431 g/mol. The van der Waals surface area contributed by atoms with Gasteiger partial charge in [-0.2, -0.15) is 4.76 Å². The zero-order valence-electron chi connectivity index (χ0n) is 17.1. The number of nitrogens with one attached hydrogen (secondary N) is 2. The van der Waals surface area contributed by atoms with Gasteiger partial charge in [0.15, 0.2) is 5.84 Å². The number of amidine groups is 1. The Labute approximate surface area is 175 Å². The molecule has 1 amide bonds. The fourth-order valence-electron chi connectivity index (χ4n) is 3.35. The number of amides is 1. The van der Waals surface area contributed by atoms with Crippen LogP contribution in [0.4, 0.5) is 5.69 Å². The second-order valence-electron chi connectivity index (χ2n) is 8.20. The van der Waals surface area contributed by atoms with Gasteiger partial charge in [0, 0.05) is 0 Å². The number of nitrogens with two attached hydrogens (primary N) is 1. The highest BCUT2D eigenvalue weighted by atomic mass is 32.2. The number of benzene rings is 1. The third-order valence-corrected chi connectivity index (χ3v) is 7.44. The van der Waals surface area contributed by atoms with Gasteiger partial charge in [0.25, 0.3) is 5.91 Å². The molecular formula is C18H25N4O6PS. The summed E-state index contributed by atoms with van der Waals surface area (Å²) in [4.78, 5) is 12.6. The molecule has 1 aromatic carbocycles. The van der Waals surface area contributed by atoms with Crippen molar-refractivity contribution in [3.63, 3.8) is 0 Å². The van der Waals surface area contributed by atoms with Crippen molar-refractivity contribution in [1.82, 2.24) is 5.32 Å².